The van der Waals surface area contributed by atoms with Gasteiger partial charge in [0.15, 0.2) is 5.03 Å². The van der Waals surface area contributed by atoms with Crippen LogP contribution in [0.2, 0.25) is 0 Å². The summed E-state index contributed by atoms with van der Waals surface area (Å²) in [7, 11) is -1.99. The lowest BCUT2D eigenvalue weighted by molar-refractivity contribution is 0.149. The third-order valence-electron chi connectivity index (χ3n) is 7.70. The Morgan fingerprint density at radius 1 is 1.14 bits per heavy atom. The molecule has 36 heavy (non-hydrogen) atoms. The van der Waals surface area contributed by atoms with Crippen molar-refractivity contribution in [1.82, 2.24) is 28.6 Å². The molecule has 0 spiro atoms. The molecule has 0 amide bonds. The van der Waals surface area contributed by atoms with Gasteiger partial charge in [-0.2, -0.15) is 14.4 Å². The first kappa shape index (κ1) is 23.5. The van der Waals surface area contributed by atoms with Gasteiger partial charge in [-0.25, -0.2) is 22.2 Å². The fourth-order valence-electron chi connectivity index (χ4n) is 5.69. The predicted molar refractivity (Wildman–Crippen MR) is 127 cm³/mol. The molecule has 2 unspecified atom stereocenters. The van der Waals surface area contributed by atoms with Gasteiger partial charge >= 0.3 is 0 Å². The smallest absolute Gasteiger partial charge is 0.269 e. The number of piperidine rings is 1. The standard InChI is InChI=1S/C23H27F2N7O3S/c1-30-5-4-19(29-30)36(34,35)31-6-2-16(3-7-31)27-23-26-12-15-11-18(20(24)25)22(33)32(21(15)28-23)17-9-13-8-14(13)10-17/h4-5,11-14,16-17,20H,2-3,6-10H2,1H3,(H,26,27,28). The van der Waals surface area contributed by atoms with E-state index in [4.69, 9.17) is 0 Å². The molecule has 2 atom stereocenters. The second-order valence-corrected chi connectivity index (χ2v) is 12.0. The van der Waals surface area contributed by atoms with E-state index in [9.17, 15) is 22.0 Å². The van der Waals surface area contributed by atoms with Crippen molar-refractivity contribution in [2.24, 2.45) is 18.9 Å². The van der Waals surface area contributed by atoms with Gasteiger partial charge in [0, 0.05) is 50.0 Å². The summed E-state index contributed by atoms with van der Waals surface area (Å²) in [5.74, 6) is 1.44. The van der Waals surface area contributed by atoms with Gasteiger partial charge in [-0.1, -0.05) is 0 Å². The maximum Gasteiger partial charge on any atom is 0.269 e. The van der Waals surface area contributed by atoms with Gasteiger partial charge in [-0.15, -0.1) is 0 Å². The van der Waals surface area contributed by atoms with Gasteiger partial charge in [0.1, 0.15) is 5.65 Å². The number of anilines is 1. The zero-order valence-electron chi connectivity index (χ0n) is 19.7. The molecule has 0 aromatic carbocycles. The fraction of sp³-hybridized carbons (Fsp3) is 0.565. The summed E-state index contributed by atoms with van der Waals surface area (Å²) >= 11 is 0. The normalized spacial score (nSPS) is 24.9. The number of hydrogen-bond donors (Lipinski definition) is 1. The van der Waals surface area contributed by atoms with Crippen LogP contribution in [0.4, 0.5) is 14.7 Å². The number of nitrogens with one attached hydrogen (secondary N) is 1. The second kappa shape index (κ2) is 8.58. The van der Waals surface area contributed by atoms with Gasteiger partial charge in [0.2, 0.25) is 5.95 Å². The van der Waals surface area contributed by atoms with Gasteiger partial charge in [0.05, 0.1) is 5.56 Å². The van der Waals surface area contributed by atoms with Gasteiger partial charge in [-0.05, 0) is 56.1 Å². The van der Waals surface area contributed by atoms with Crippen LogP contribution in [0.3, 0.4) is 0 Å². The van der Waals surface area contributed by atoms with E-state index in [1.165, 1.54) is 31.9 Å². The molecule has 1 aliphatic heterocycles. The minimum absolute atomic E-state index is 0.0277. The average Bonchev–Trinajstić information content (AvgIpc) is 3.21. The lowest BCUT2D eigenvalue weighted by atomic mass is 10.1. The van der Waals surface area contributed by atoms with Crippen LogP contribution in [0.15, 0.2) is 34.3 Å². The highest BCUT2D eigenvalue weighted by Gasteiger charge is 2.47. The quantitative estimate of drug-likeness (QED) is 0.533. The van der Waals surface area contributed by atoms with Gasteiger partial charge in [0.25, 0.3) is 22.0 Å². The number of rotatable bonds is 6. The number of hydrogen-bond acceptors (Lipinski definition) is 7. The Morgan fingerprint density at radius 2 is 1.86 bits per heavy atom. The number of fused-ring (bicyclic) bond motifs is 2. The molecule has 2 aliphatic carbocycles. The summed E-state index contributed by atoms with van der Waals surface area (Å²) in [6.45, 7) is 0.634. The summed E-state index contributed by atoms with van der Waals surface area (Å²) < 4.78 is 57.2. The van der Waals surface area contributed by atoms with Crippen molar-refractivity contribution in [1.29, 1.82) is 0 Å². The van der Waals surface area contributed by atoms with E-state index in [2.05, 4.69) is 20.4 Å². The molecule has 3 aromatic rings. The number of aryl methyl sites for hydroxylation is 1. The molecule has 2 saturated carbocycles. The van der Waals surface area contributed by atoms with Crippen LogP contribution in [0.25, 0.3) is 11.0 Å². The first-order valence-electron chi connectivity index (χ1n) is 12.2. The number of aromatic nitrogens is 5. The number of pyridine rings is 1. The number of nitrogens with zero attached hydrogens (tertiary/aromatic N) is 6. The summed E-state index contributed by atoms with van der Waals surface area (Å²) in [6.07, 6.45) is 4.04. The highest BCUT2D eigenvalue weighted by molar-refractivity contribution is 7.89. The zero-order chi connectivity index (χ0) is 25.2. The SMILES string of the molecule is Cn1ccc(S(=O)(=O)N2CCC(Nc3ncc4cc(C(F)F)c(=O)n(C5CC6CC6C5)c4n3)CC2)n1. The van der Waals surface area contributed by atoms with Crippen LogP contribution in [-0.2, 0) is 17.1 Å². The number of sulfonamides is 1. The molecule has 0 radical (unpaired) electrons. The number of halogens is 2. The lowest BCUT2D eigenvalue weighted by Gasteiger charge is -2.31. The number of alkyl halides is 2. The van der Waals surface area contributed by atoms with E-state index in [-0.39, 0.29) is 17.1 Å². The summed E-state index contributed by atoms with van der Waals surface area (Å²) in [5, 5.41) is 7.71. The maximum absolute atomic E-state index is 13.6. The molecular weight excluding hydrogens is 492 g/mol. The molecule has 3 fully saturated rings. The minimum Gasteiger partial charge on any atom is -0.351 e. The molecule has 0 bridgehead atoms. The predicted octanol–water partition coefficient (Wildman–Crippen LogP) is 2.70. The zero-order valence-corrected chi connectivity index (χ0v) is 20.5. The lowest BCUT2D eigenvalue weighted by Crippen LogP contribution is -2.42. The summed E-state index contributed by atoms with van der Waals surface area (Å²) in [4.78, 5) is 21.9. The Bertz CT molecular complexity index is 1470. The van der Waals surface area contributed by atoms with Crippen LogP contribution >= 0.6 is 0 Å². The Balaban J connectivity index is 1.23. The van der Waals surface area contributed by atoms with E-state index in [1.54, 1.807) is 13.2 Å². The van der Waals surface area contributed by atoms with Crippen LogP contribution in [0.5, 0.6) is 0 Å². The molecule has 1 saturated heterocycles. The Hall–Kier alpha value is -2.93. The average molecular weight is 520 g/mol. The van der Waals surface area contributed by atoms with E-state index in [1.807, 2.05) is 0 Å². The van der Waals surface area contributed by atoms with Crippen LogP contribution in [0, 0.1) is 11.8 Å². The third kappa shape index (κ3) is 4.07. The van der Waals surface area contributed by atoms with Crippen molar-refractivity contribution in [3.05, 3.63) is 40.4 Å². The van der Waals surface area contributed by atoms with E-state index in [0.717, 1.165) is 19.3 Å². The highest BCUT2D eigenvalue weighted by Crippen LogP contribution is 2.56. The summed E-state index contributed by atoms with van der Waals surface area (Å²) in [5.41, 5.74) is -0.835. The second-order valence-electron chi connectivity index (χ2n) is 10.1. The van der Waals surface area contributed by atoms with Crippen molar-refractivity contribution in [3.63, 3.8) is 0 Å². The van der Waals surface area contributed by atoms with E-state index < -0.39 is 27.6 Å². The molecule has 10 nitrogen and oxygen atoms in total. The molecule has 6 rings (SSSR count). The fourth-order valence-corrected chi connectivity index (χ4v) is 7.11. The van der Waals surface area contributed by atoms with Gasteiger partial charge in [-0.3, -0.25) is 14.0 Å². The minimum atomic E-state index is -3.66. The first-order valence-corrected chi connectivity index (χ1v) is 13.6. The molecule has 1 N–H and O–H groups in total. The van der Waals surface area contributed by atoms with Crippen molar-refractivity contribution in [2.45, 2.75) is 55.6 Å². The van der Waals surface area contributed by atoms with Crippen molar-refractivity contribution >= 4 is 27.0 Å². The maximum atomic E-state index is 13.6. The van der Waals surface area contributed by atoms with Crippen molar-refractivity contribution in [3.8, 4) is 0 Å². The van der Waals surface area contributed by atoms with E-state index >= 15 is 0 Å². The Morgan fingerprint density at radius 3 is 2.50 bits per heavy atom. The van der Waals surface area contributed by atoms with Gasteiger partial charge < -0.3 is 5.32 Å². The van der Waals surface area contributed by atoms with E-state index in [0.29, 0.717) is 54.7 Å². The Labute approximate surface area is 206 Å². The highest BCUT2D eigenvalue weighted by atomic mass is 32.2. The topological polar surface area (TPSA) is 115 Å². The van der Waals surface area contributed by atoms with Crippen LogP contribution in [-0.4, -0.2) is 56.2 Å². The monoisotopic (exact) mass is 519 g/mol. The largest absolute Gasteiger partial charge is 0.351 e. The third-order valence-corrected chi connectivity index (χ3v) is 9.49. The first-order chi connectivity index (χ1) is 17.2. The Kier molecular flexibility index (Phi) is 5.59. The van der Waals surface area contributed by atoms with Crippen molar-refractivity contribution in [2.75, 3.05) is 18.4 Å². The molecule has 192 valence electrons. The summed E-state index contributed by atoms with van der Waals surface area (Å²) in [6, 6.07) is 2.47. The molecule has 4 heterocycles. The van der Waals surface area contributed by atoms with Crippen LogP contribution in [0.1, 0.15) is 50.1 Å². The molecule has 3 aromatic heterocycles. The molecule has 3 aliphatic rings. The van der Waals surface area contributed by atoms with Crippen molar-refractivity contribution < 1.29 is 17.2 Å². The van der Waals surface area contributed by atoms with Crippen LogP contribution < -0.4 is 10.9 Å². The molecule has 13 heteroatoms. The molecular formula is C23H27F2N7O3S.